The summed E-state index contributed by atoms with van der Waals surface area (Å²) in [6, 6.07) is 13.5. The summed E-state index contributed by atoms with van der Waals surface area (Å²) in [7, 11) is 0. The van der Waals surface area contributed by atoms with Crippen LogP contribution in [0.3, 0.4) is 0 Å². The molecule has 3 aromatic heterocycles. The summed E-state index contributed by atoms with van der Waals surface area (Å²) in [4.78, 5) is 31.8. The number of hydrogen-bond donors (Lipinski definition) is 2. The summed E-state index contributed by atoms with van der Waals surface area (Å²) in [5.41, 5.74) is 3.14. The maximum absolute atomic E-state index is 12.0. The summed E-state index contributed by atoms with van der Waals surface area (Å²) >= 11 is 0. The molecular weight excluding hydrogens is 392 g/mol. The highest BCUT2D eigenvalue weighted by molar-refractivity contribution is 5.87. The molecule has 0 bridgehead atoms. The Kier molecular flexibility index (Phi) is 5.14. The molecule has 1 aliphatic heterocycles. The minimum atomic E-state index is 0.213. The molecule has 4 aromatic rings. The van der Waals surface area contributed by atoms with E-state index in [0.29, 0.717) is 42.4 Å². The van der Waals surface area contributed by atoms with Gasteiger partial charge in [-0.15, -0.1) is 0 Å². The largest absolute Gasteiger partial charge is 0.341 e. The Morgan fingerprint density at radius 2 is 1.74 bits per heavy atom. The van der Waals surface area contributed by atoms with Gasteiger partial charge in [0, 0.05) is 49.8 Å². The van der Waals surface area contributed by atoms with Crippen molar-refractivity contribution in [3.8, 4) is 0 Å². The lowest BCUT2D eigenvalue weighted by Crippen LogP contribution is -2.28. The lowest BCUT2D eigenvalue weighted by atomic mass is 10.3. The van der Waals surface area contributed by atoms with Crippen molar-refractivity contribution >= 4 is 40.2 Å². The average Bonchev–Trinajstić information content (AvgIpc) is 3.39. The van der Waals surface area contributed by atoms with Crippen LogP contribution in [-0.2, 0) is 11.3 Å². The van der Waals surface area contributed by atoms with Crippen molar-refractivity contribution in [2.45, 2.75) is 19.4 Å². The van der Waals surface area contributed by atoms with Gasteiger partial charge in [0.25, 0.3) is 0 Å². The van der Waals surface area contributed by atoms with E-state index in [1.165, 1.54) is 0 Å². The van der Waals surface area contributed by atoms with Gasteiger partial charge in [0.1, 0.15) is 0 Å². The van der Waals surface area contributed by atoms with Crippen molar-refractivity contribution in [1.82, 2.24) is 29.4 Å². The Hall–Kier alpha value is -4.01. The number of benzene rings is 1. The van der Waals surface area contributed by atoms with Crippen LogP contribution in [0.25, 0.3) is 11.2 Å². The van der Waals surface area contributed by atoms with Gasteiger partial charge in [-0.2, -0.15) is 9.97 Å². The molecule has 5 rings (SSSR count). The van der Waals surface area contributed by atoms with Gasteiger partial charge in [0.2, 0.25) is 11.9 Å². The Morgan fingerprint density at radius 1 is 0.935 bits per heavy atom. The van der Waals surface area contributed by atoms with E-state index in [9.17, 15) is 4.79 Å². The minimum absolute atomic E-state index is 0.213. The molecular formula is C22H22N8O. The van der Waals surface area contributed by atoms with Crippen molar-refractivity contribution in [2.75, 3.05) is 23.7 Å². The molecule has 1 amide bonds. The van der Waals surface area contributed by atoms with Crippen molar-refractivity contribution in [2.24, 2.45) is 0 Å². The molecule has 31 heavy (non-hydrogen) atoms. The summed E-state index contributed by atoms with van der Waals surface area (Å²) < 4.78 is 1.97. The van der Waals surface area contributed by atoms with Gasteiger partial charge < -0.3 is 20.1 Å². The highest BCUT2D eigenvalue weighted by Gasteiger charge is 2.20. The molecule has 9 nitrogen and oxygen atoms in total. The number of amides is 1. The predicted molar refractivity (Wildman–Crippen MR) is 118 cm³/mol. The number of rotatable bonds is 7. The van der Waals surface area contributed by atoms with Crippen LogP contribution in [0.15, 0.2) is 61.2 Å². The summed E-state index contributed by atoms with van der Waals surface area (Å²) in [5.74, 6) is 1.28. The zero-order chi connectivity index (χ0) is 21.0. The van der Waals surface area contributed by atoms with E-state index in [1.807, 2.05) is 51.9 Å². The molecule has 0 unspecified atom stereocenters. The molecule has 0 atom stereocenters. The molecule has 2 N–H and O–H groups in total. The summed E-state index contributed by atoms with van der Waals surface area (Å²) in [5, 5.41) is 6.58. The highest BCUT2D eigenvalue weighted by Crippen LogP contribution is 2.25. The second-order valence-electron chi connectivity index (χ2n) is 7.34. The van der Waals surface area contributed by atoms with Crippen molar-refractivity contribution < 1.29 is 4.79 Å². The highest BCUT2D eigenvalue weighted by atomic mass is 16.2. The smallest absolute Gasteiger partial charge is 0.231 e. The van der Waals surface area contributed by atoms with Crippen LogP contribution in [0.1, 0.15) is 12.8 Å². The van der Waals surface area contributed by atoms with E-state index < -0.39 is 0 Å². The monoisotopic (exact) mass is 414 g/mol. The number of imidazole rings is 1. The van der Waals surface area contributed by atoms with E-state index in [-0.39, 0.29) is 5.91 Å². The predicted octanol–water partition coefficient (Wildman–Crippen LogP) is 3.33. The number of anilines is 4. The number of carbonyl (C=O) groups excluding carboxylic acids is 1. The Labute approximate surface area is 179 Å². The molecule has 1 aliphatic rings. The molecule has 1 saturated heterocycles. The molecule has 1 fully saturated rings. The van der Waals surface area contributed by atoms with E-state index in [2.05, 4.69) is 25.6 Å². The molecule has 156 valence electrons. The Balaban J connectivity index is 1.49. The molecule has 1 aromatic carbocycles. The minimum Gasteiger partial charge on any atom is -0.341 e. The van der Waals surface area contributed by atoms with Crippen molar-refractivity contribution in [3.05, 3.63) is 61.2 Å². The van der Waals surface area contributed by atoms with E-state index in [4.69, 9.17) is 4.98 Å². The van der Waals surface area contributed by atoms with Gasteiger partial charge in [0.15, 0.2) is 17.0 Å². The van der Waals surface area contributed by atoms with Crippen LogP contribution in [0, 0.1) is 0 Å². The second-order valence-corrected chi connectivity index (χ2v) is 7.34. The number of para-hydroxylation sites is 1. The van der Waals surface area contributed by atoms with Crippen LogP contribution in [0.5, 0.6) is 0 Å². The lowest BCUT2D eigenvalue weighted by Gasteiger charge is -2.16. The third kappa shape index (κ3) is 4.16. The number of carbonyl (C=O) groups is 1. The fourth-order valence-electron chi connectivity index (χ4n) is 3.64. The van der Waals surface area contributed by atoms with Gasteiger partial charge >= 0.3 is 0 Å². The van der Waals surface area contributed by atoms with Crippen LogP contribution >= 0.6 is 0 Å². The fourth-order valence-corrected chi connectivity index (χ4v) is 3.64. The molecule has 0 spiro atoms. The summed E-state index contributed by atoms with van der Waals surface area (Å²) in [6.45, 7) is 2.08. The average molecular weight is 414 g/mol. The van der Waals surface area contributed by atoms with Gasteiger partial charge in [0.05, 0.1) is 6.33 Å². The molecule has 9 heteroatoms. The van der Waals surface area contributed by atoms with Gasteiger partial charge in [-0.1, -0.05) is 18.2 Å². The molecule has 0 aliphatic carbocycles. The fraction of sp³-hybridized carbons (Fsp3) is 0.227. The third-order valence-electron chi connectivity index (χ3n) is 5.22. The standard InChI is InChI=1S/C22H22N8O/c31-18-7-4-12-29(18)13-14-30-15-24-19-20(25-16-5-2-1-3-6-16)27-22(28-21(19)30)26-17-8-10-23-11-9-17/h1-3,5-6,8-11,15H,4,7,12-14H2,(H2,23,25,26,27,28). The van der Waals surface area contributed by atoms with E-state index in [1.54, 1.807) is 18.7 Å². The van der Waals surface area contributed by atoms with Gasteiger partial charge in [-0.05, 0) is 30.7 Å². The number of pyridine rings is 1. The Bertz CT molecular complexity index is 1190. The van der Waals surface area contributed by atoms with Crippen LogP contribution in [-0.4, -0.2) is 48.4 Å². The van der Waals surface area contributed by atoms with Crippen LogP contribution in [0.4, 0.5) is 23.1 Å². The van der Waals surface area contributed by atoms with Crippen molar-refractivity contribution in [3.63, 3.8) is 0 Å². The number of nitrogens with zero attached hydrogens (tertiary/aromatic N) is 6. The number of fused-ring (bicyclic) bond motifs is 1. The first-order valence-corrected chi connectivity index (χ1v) is 10.3. The van der Waals surface area contributed by atoms with Gasteiger partial charge in [-0.25, -0.2) is 4.98 Å². The van der Waals surface area contributed by atoms with Crippen LogP contribution in [0.2, 0.25) is 0 Å². The van der Waals surface area contributed by atoms with E-state index in [0.717, 1.165) is 24.3 Å². The first-order valence-electron chi connectivity index (χ1n) is 10.3. The lowest BCUT2D eigenvalue weighted by molar-refractivity contribution is -0.127. The number of aromatic nitrogens is 5. The first-order chi connectivity index (χ1) is 15.3. The zero-order valence-electron chi connectivity index (χ0n) is 16.9. The normalized spacial score (nSPS) is 13.7. The number of likely N-dealkylation sites (tertiary alicyclic amines) is 1. The molecule has 4 heterocycles. The Morgan fingerprint density at radius 3 is 2.52 bits per heavy atom. The third-order valence-corrected chi connectivity index (χ3v) is 5.22. The number of nitrogens with one attached hydrogen (secondary N) is 2. The SMILES string of the molecule is O=C1CCCN1CCn1cnc2c(Nc3ccccc3)nc(Nc3ccncc3)nc21. The van der Waals surface area contributed by atoms with Crippen LogP contribution < -0.4 is 10.6 Å². The maximum atomic E-state index is 12.0. The first kappa shape index (κ1) is 19.0. The van der Waals surface area contributed by atoms with E-state index >= 15 is 0 Å². The van der Waals surface area contributed by atoms with Gasteiger partial charge in [-0.3, -0.25) is 9.78 Å². The second kappa shape index (κ2) is 8.39. The summed E-state index contributed by atoms with van der Waals surface area (Å²) in [6.07, 6.45) is 6.74. The van der Waals surface area contributed by atoms with Crippen molar-refractivity contribution in [1.29, 1.82) is 0 Å². The molecule has 0 saturated carbocycles. The quantitative estimate of drug-likeness (QED) is 0.478. The topological polar surface area (TPSA) is 101 Å². The molecule has 0 radical (unpaired) electrons. The maximum Gasteiger partial charge on any atom is 0.231 e. The number of hydrogen-bond acceptors (Lipinski definition) is 7. The zero-order valence-corrected chi connectivity index (χ0v) is 16.9.